The van der Waals surface area contributed by atoms with E-state index in [0.29, 0.717) is 6.42 Å². The van der Waals surface area contributed by atoms with E-state index in [9.17, 15) is 40.5 Å². The highest BCUT2D eigenvalue weighted by atomic mass is 16.8. The van der Waals surface area contributed by atoms with Gasteiger partial charge in [-0.1, -0.05) is 77.0 Å². The molecule has 0 aliphatic carbocycles. The predicted octanol–water partition coefficient (Wildman–Crippen LogP) is 0.952. The molecule has 13 nitrogen and oxygen atoms in total. The fourth-order valence-electron chi connectivity index (χ4n) is 5.59. The van der Waals surface area contributed by atoms with Crippen LogP contribution in [-0.2, 0) is 23.7 Å². The molecule has 2 fully saturated rings. The maximum atomic E-state index is 10.7. The average Bonchev–Trinajstić information content (AvgIpc) is 2.98. The number of aliphatic carboxylic acids is 1. The molecule has 2 aliphatic rings. The Morgan fingerprint density at radius 3 is 1.56 bits per heavy atom. The monoisotopic (exact) mass is 624 g/mol. The van der Waals surface area contributed by atoms with Crippen LogP contribution < -0.4 is 0 Å². The van der Waals surface area contributed by atoms with Crippen molar-refractivity contribution in [3.63, 3.8) is 0 Å². The molecule has 11 atom stereocenters. The summed E-state index contributed by atoms with van der Waals surface area (Å²) in [5, 5.41) is 79.3. The summed E-state index contributed by atoms with van der Waals surface area (Å²) in [4.78, 5) is 10.5. The highest BCUT2D eigenvalue weighted by Crippen LogP contribution is 2.30. The summed E-state index contributed by atoms with van der Waals surface area (Å²) in [6.07, 6.45) is 0.372. The van der Waals surface area contributed by atoms with Crippen LogP contribution in [0.4, 0.5) is 0 Å². The van der Waals surface area contributed by atoms with E-state index in [2.05, 4.69) is 0 Å². The molecule has 13 heteroatoms. The van der Waals surface area contributed by atoms with Gasteiger partial charge < -0.3 is 59.8 Å². The Hall–Kier alpha value is -0.970. The van der Waals surface area contributed by atoms with Crippen molar-refractivity contribution in [3.8, 4) is 0 Å². The molecule has 11 unspecified atom stereocenters. The topological polar surface area (TPSA) is 216 Å². The first-order valence-electron chi connectivity index (χ1n) is 16.1. The zero-order chi connectivity index (χ0) is 31.8. The standard InChI is InChI=1S/C30H56O13/c1-19(15-13-11-9-7-5-3-2-4-6-8-10-12-14-16-22(33)34)40-30-28(26(38)24(36)21(18-32)42-30)43-29-27(39)25(37)23(35)20(17-31)41-29/h19-21,23-32,35-39H,2-18H2,1H3,(H,33,34). The van der Waals surface area contributed by atoms with Gasteiger partial charge in [0.15, 0.2) is 12.6 Å². The fraction of sp³-hybridized carbons (Fsp3) is 0.967. The van der Waals surface area contributed by atoms with Gasteiger partial charge >= 0.3 is 5.97 Å². The highest BCUT2D eigenvalue weighted by molar-refractivity contribution is 5.66. The summed E-state index contributed by atoms with van der Waals surface area (Å²) in [5.41, 5.74) is 0. The number of hydrogen-bond donors (Lipinski definition) is 8. The summed E-state index contributed by atoms with van der Waals surface area (Å²) < 4.78 is 22.8. The lowest BCUT2D eigenvalue weighted by atomic mass is 9.97. The van der Waals surface area contributed by atoms with E-state index in [0.717, 1.165) is 44.9 Å². The van der Waals surface area contributed by atoms with Gasteiger partial charge in [0.25, 0.3) is 0 Å². The van der Waals surface area contributed by atoms with Crippen LogP contribution in [0.25, 0.3) is 0 Å². The van der Waals surface area contributed by atoms with Crippen LogP contribution in [0.5, 0.6) is 0 Å². The summed E-state index contributed by atoms with van der Waals surface area (Å²) in [5.74, 6) is -0.715. The normalized spacial score (nSPS) is 33.9. The van der Waals surface area contributed by atoms with E-state index in [1.165, 1.54) is 38.5 Å². The molecule has 0 aromatic heterocycles. The molecular formula is C30H56O13. The average molecular weight is 625 g/mol. The molecular weight excluding hydrogens is 568 g/mol. The Balaban J connectivity index is 1.68. The van der Waals surface area contributed by atoms with Crippen molar-refractivity contribution in [3.05, 3.63) is 0 Å². The zero-order valence-corrected chi connectivity index (χ0v) is 25.5. The first kappa shape index (κ1) is 38.2. The van der Waals surface area contributed by atoms with Gasteiger partial charge in [-0.05, 0) is 19.8 Å². The third-order valence-electron chi connectivity index (χ3n) is 8.33. The third-order valence-corrected chi connectivity index (χ3v) is 8.33. The predicted molar refractivity (Wildman–Crippen MR) is 154 cm³/mol. The molecule has 254 valence electrons. The van der Waals surface area contributed by atoms with Crippen molar-refractivity contribution in [2.45, 2.75) is 171 Å². The van der Waals surface area contributed by atoms with Gasteiger partial charge in [0.1, 0.15) is 48.8 Å². The zero-order valence-electron chi connectivity index (χ0n) is 25.5. The fourth-order valence-corrected chi connectivity index (χ4v) is 5.59. The van der Waals surface area contributed by atoms with Gasteiger partial charge in [0.2, 0.25) is 0 Å². The Kier molecular flexibility index (Phi) is 18.6. The molecule has 0 bridgehead atoms. The number of rotatable bonds is 22. The lowest BCUT2D eigenvalue weighted by molar-refractivity contribution is -0.371. The van der Waals surface area contributed by atoms with Crippen molar-refractivity contribution in [2.75, 3.05) is 13.2 Å². The molecule has 2 saturated heterocycles. The molecule has 2 heterocycles. The van der Waals surface area contributed by atoms with E-state index in [4.69, 9.17) is 24.1 Å². The lowest BCUT2D eigenvalue weighted by Gasteiger charge is -2.46. The van der Waals surface area contributed by atoms with E-state index in [1.54, 1.807) is 0 Å². The van der Waals surface area contributed by atoms with Crippen molar-refractivity contribution < 1.29 is 64.6 Å². The maximum Gasteiger partial charge on any atom is 0.303 e. The largest absolute Gasteiger partial charge is 0.481 e. The maximum absolute atomic E-state index is 10.7. The lowest BCUT2D eigenvalue weighted by Crippen LogP contribution is -2.64. The Morgan fingerprint density at radius 2 is 1.07 bits per heavy atom. The first-order chi connectivity index (χ1) is 20.6. The van der Waals surface area contributed by atoms with Crippen LogP contribution in [-0.4, -0.2) is 128 Å². The minimum absolute atomic E-state index is 0.269. The first-order valence-corrected chi connectivity index (χ1v) is 16.1. The quantitative estimate of drug-likeness (QED) is 0.0789. The van der Waals surface area contributed by atoms with Crippen molar-refractivity contribution in [1.29, 1.82) is 0 Å². The summed E-state index contributed by atoms with van der Waals surface area (Å²) in [6.45, 7) is 0.610. The van der Waals surface area contributed by atoms with Gasteiger partial charge in [-0.15, -0.1) is 0 Å². The molecule has 43 heavy (non-hydrogen) atoms. The smallest absolute Gasteiger partial charge is 0.303 e. The van der Waals surface area contributed by atoms with Crippen LogP contribution in [0.3, 0.4) is 0 Å². The van der Waals surface area contributed by atoms with E-state index in [1.807, 2.05) is 6.92 Å². The second-order valence-electron chi connectivity index (χ2n) is 12.0. The summed E-state index contributed by atoms with van der Waals surface area (Å²) >= 11 is 0. The Morgan fingerprint density at radius 1 is 0.628 bits per heavy atom. The van der Waals surface area contributed by atoms with Gasteiger partial charge in [-0.25, -0.2) is 0 Å². The second kappa shape index (κ2) is 20.9. The van der Waals surface area contributed by atoms with Crippen molar-refractivity contribution in [2.24, 2.45) is 0 Å². The Labute approximate surface area is 254 Å². The number of aliphatic hydroxyl groups excluding tert-OH is 7. The van der Waals surface area contributed by atoms with Crippen LogP contribution >= 0.6 is 0 Å². The van der Waals surface area contributed by atoms with Gasteiger partial charge in [0.05, 0.1) is 19.3 Å². The molecule has 8 N–H and O–H groups in total. The minimum atomic E-state index is -1.71. The minimum Gasteiger partial charge on any atom is -0.481 e. The summed E-state index contributed by atoms with van der Waals surface area (Å²) in [6, 6.07) is 0. The molecule has 0 amide bonds. The molecule has 2 aliphatic heterocycles. The van der Waals surface area contributed by atoms with Gasteiger partial charge in [-0.2, -0.15) is 0 Å². The SMILES string of the molecule is CC(CCCCCCCCCCCCCCCC(=O)O)OC1OC(CO)C(O)C(O)C1OC1OC(CO)C(O)C(O)C1O. The highest BCUT2D eigenvalue weighted by Gasteiger charge is 2.51. The number of ether oxygens (including phenoxy) is 4. The molecule has 0 aromatic rings. The van der Waals surface area contributed by atoms with E-state index in [-0.39, 0.29) is 12.5 Å². The molecule has 0 aromatic carbocycles. The summed E-state index contributed by atoms with van der Waals surface area (Å²) in [7, 11) is 0. The number of carboxylic acid groups (broad SMARTS) is 1. The van der Waals surface area contributed by atoms with Crippen LogP contribution in [0.15, 0.2) is 0 Å². The molecule has 0 spiro atoms. The van der Waals surface area contributed by atoms with Crippen LogP contribution in [0, 0.1) is 0 Å². The van der Waals surface area contributed by atoms with Crippen LogP contribution in [0.1, 0.15) is 103 Å². The number of unbranched alkanes of at least 4 members (excludes halogenated alkanes) is 12. The Bertz CT molecular complexity index is 741. The number of carboxylic acids is 1. The molecule has 2 rings (SSSR count). The van der Waals surface area contributed by atoms with Crippen molar-refractivity contribution in [1.82, 2.24) is 0 Å². The number of hydrogen-bond acceptors (Lipinski definition) is 12. The van der Waals surface area contributed by atoms with Gasteiger partial charge in [0, 0.05) is 6.42 Å². The number of aliphatic hydroxyl groups is 7. The molecule has 0 radical (unpaired) electrons. The third kappa shape index (κ3) is 13.1. The van der Waals surface area contributed by atoms with Crippen LogP contribution in [0.2, 0.25) is 0 Å². The van der Waals surface area contributed by atoms with Crippen molar-refractivity contribution >= 4 is 5.97 Å². The number of carbonyl (C=O) groups is 1. The second-order valence-corrected chi connectivity index (χ2v) is 12.0. The van der Waals surface area contributed by atoms with Gasteiger partial charge in [-0.3, -0.25) is 4.79 Å². The molecule has 0 saturated carbocycles. The van der Waals surface area contributed by atoms with E-state index >= 15 is 0 Å². The van der Waals surface area contributed by atoms with E-state index < -0.39 is 80.6 Å².